The third-order valence-electron chi connectivity index (χ3n) is 5.86. The van der Waals surface area contributed by atoms with E-state index in [1.54, 1.807) is 0 Å². The van der Waals surface area contributed by atoms with Gasteiger partial charge in [0.25, 0.3) is 0 Å². The third kappa shape index (κ3) is 2.29. The van der Waals surface area contributed by atoms with Crippen molar-refractivity contribution >= 4 is 0 Å². The van der Waals surface area contributed by atoms with E-state index in [9.17, 15) is 0 Å². The first-order valence-electron chi connectivity index (χ1n) is 8.20. The van der Waals surface area contributed by atoms with Crippen molar-refractivity contribution in [3.05, 3.63) is 35.4 Å². The van der Waals surface area contributed by atoms with Crippen LogP contribution in [0.4, 0.5) is 0 Å². The lowest BCUT2D eigenvalue weighted by Gasteiger charge is -2.52. The molecule has 3 atom stereocenters. The summed E-state index contributed by atoms with van der Waals surface area (Å²) in [5, 5.41) is 0. The van der Waals surface area contributed by atoms with Crippen LogP contribution in [0, 0.1) is 5.92 Å². The van der Waals surface area contributed by atoms with Crippen LogP contribution in [0.1, 0.15) is 44.2 Å². The zero-order valence-corrected chi connectivity index (χ0v) is 12.9. The molecule has 0 saturated carbocycles. The molecular formula is C18H28N2. The Morgan fingerprint density at radius 3 is 2.75 bits per heavy atom. The van der Waals surface area contributed by atoms with Crippen LogP contribution in [-0.4, -0.2) is 29.6 Å². The van der Waals surface area contributed by atoms with Gasteiger partial charge >= 0.3 is 0 Å². The van der Waals surface area contributed by atoms with E-state index in [0.29, 0.717) is 6.04 Å². The molecule has 1 aliphatic carbocycles. The molecule has 1 fully saturated rings. The molecule has 2 N–H and O–H groups in total. The first kappa shape index (κ1) is 14.1. The van der Waals surface area contributed by atoms with Gasteiger partial charge in [0.2, 0.25) is 0 Å². The highest BCUT2D eigenvalue weighted by Gasteiger charge is 2.42. The molecule has 3 rings (SSSR count). The monoisotopic (exact) mass is 272 g/mol. The molecule has 2 heteroatoms. The minimum atomic E-state index is 0.197. The van der Waals surface area contributed by atoms with Gasteiger partial charge in [-0.05, 0) is 62.6 Å². The molecule has 0 amide bonds. The minimum absolute atomic E-state index is 0.197. The van der Waals surface area contributed by atoms with Crippen molar-refractivity contribution in [1.29, 1.82) is 0 Å². The molecule has 0 spiro atoms. The van der Waals surface area contributed by atoms with E-state index in [2.05, 4.69) is 43.0 Å². The zero-order chi connectivity index (χ0) is 14.2. The van der Waals surface area contributed by atoms with Crippen LogP contribution in [0.25, 0.3) is 0 Å². The fraction of sp³-hybridized carbons (Fsp3) is 0.667. The van der Waals surface area contributed by atoms with Crippen molar-refractivity contribution in [2.75, 3.05) is 13.1 Å². The van der Waals surface area contributed by atoms with E-state index in [4.69, 9.17) is 5.73 Å². The Balaban J connectivity index is 1.89. The highest BCUT2D eigenvalue weighted by molar-refractivity contribution is 5.32. The quantitative estimate of drug-likeness (QED) is 0.897. The Morgan fingerprint density at radius 2 is 2.00 bits per heavy atom. The molecule has 1 heterocycles. The Labute approximate surface area is 123 Å². The predicted molar refractivity (Wildman–Crippen MR) is 84.8 cm³/mol. The first-order chi connectivity index (χ1) is 9.66. The number of benzene rings is 1. The lowest BCUT2D eigenvalue weighted by molar-refractivity contribution is -0.00413. The molecule has 110 valence electrons. The van der Waals surface area contributed by atoms with Gasteiger partial charge in [0.1, 0.15) is 0 Å². The minimum Gasteiger partial charge on any atom is -0.329 e. The SMILES string of the molecule is CC1CCCN(C2(CN)CCc3ccccc3C2)C1C. The van der Waals surface area contributed by atoms with Crippen molar-refractivity contribution in [2.45, 2.75) is 57.5 Å². The Bertz CT molecular complexity index is 470. The maximum absolute atomic E-state index is 6.29. The second kappa shape index (κ2) is 5.50. The van der Waals surface area contributed by atoms with E-state index >= 15 is 0 Å². The van der Waals surface area contributed by atoms with Crippen LogP contribution in [0.5, 0.6) is 0 Å². The fourth-order valence-corrected chi connectivity index (χ4v) is 4.33. The van der Waals surface area contributed by atoms with Crippen molar-refractivity contribution < 1.29 is 0 Å². The number of fused-ring (bicyclic) bond motifs is 1. The summed E-state index contributed by atoms with van der Waals surface area (Å²) in [6.07, 6.45) is 6.24. The number of rotatable bonds is 2. The number of piperidine rings is 1. The summed E-state index contributed by atoms with van der Waals surface area (Å²) in [5.74, 6) is 0.796. The molecule has 0 radical (unpaired) electrons. The van der Waals surface area contributed by atoms with E-state index in [1.807, 2.05) is 0 Å². The van der Waals surface area contributed by atoms with Crippen LogP contribution >= 0.6 is 0 Å². The van der Waals surface area contributed by atoms with E-state index in [1.165, 1.54) is 43.4 Å². The zero-order valence-electron chi connectivity index (χ0n) is 12.9. The molecule has 1 aromatic rings. The molecule has 3 unspecified atom stereocenters. The lowest BCUT2D eigenvalue weighted by atomic mass is 9.74. The van der Waals surface area contributed by atoms with Gasteiger partial charge < -0.3 is 5.73 Å². The maximum Gasteiger partial charge on any atom is 0.0378 e. The molecule has 0 bridgehead atoms. The highest BCUT2D eigenvalue weighted by Crippen LogP contribution is 2.37. The van der Waals surface area contributed by atoms with Crippen molar-refractivity contribution in [3.63, 3.8) is 0 Å². The first-order valence-corrected chi connectivity index (χ1v) is 8.20. The van der Waals surface area contributed by atoms with Crippen LogP contribution in [0.2, 0.25) is 0 Å². The van der Waals surface area contributed by atoms with Crippen LogP contribution in [0.15, 0.2) is 24.3 Å². The van der Waals surface area contributed by atoms with Crippen LogP contribution in [0.3, 0.4) is 0 Å². The summed E-state index contributed by atoms with van der Waals surface area (Å²) in [7, 11) is 0. The summed E-state index contributed by atoms with van der Waals surface area (Å²) in [6, 6.07) is 9.60. The average molecular weight is 272 g/mol. The molecule has 2 aliphatic rings. The number of likely N-dealkylation sites (tertiary alicyclic amines) is 1. The molecule has 1 saturated heterocycles. The van der Waals surface area contributed by atoms with Gasteiger partial charge in [0.05, 0.1) is 0 Å². The van der Waals surface area contributed by atoms with Crippen LogP contribution < -0.4 is 5.73 Å². The van der Waals surface area contributed by atoms with Gasteiger partial charge in [0, 0.05) is 18.1 Å². The van der Waals surface area contributed by atoms with Gasteiger partial charge in [-0.25, -0.2) is 0 Å². The summed E-state index contributed by atoms with van der Waals surface area (Å²) in [4.78, 5) is 2.75. The molecule has 1 aromatic carbocycles. The smallest absolute Gasteiger partial charge is 0.0378 e. The second-order valence-electron chi connectivity index (χ2n) is 6.93. The van der Waals surface area contributed by atoms with Gasteiger partial charge in [0.15, 0.2) is 0 Å². The Kier molecular flexibility index (Phi) is 3.87. The van der Waals surface area contributed by atoms with Crippen molar-refractivity contribution in [1.82, 2.24) is 4.90 Å². The van der Waals surface area contributed by atoms with E-state index in [0.717, 1.165) is 18.9 Å². The molecule has 20 heavy (non-hydrogen) atoms. The Hall–Kier alpha value is -0.860. The fourth-order valence-electron chi connectivity index (χ4n) is 4.33. The van der Waals surface area contributed by atoms with Crippen LogP contribution in [-0.2, 0) is 12.8 Å². The average Bonchev–Trinajstić information content (AvgIpc) is 2.49. The molecular weight excluding hydrogens is 244 g/mol. The van der Waals surface area contributed by atoms with Crippen molar-refractivity contribution in [2.24, 2.45) is 11.7 Å². The largest absolute Gasteiger partial charge is 0.329 e. The summed E-state index contributed by atoms with van der Waals surface area (Å²) in [6.45, 7) is 6.82. The van der Waals surface area contributed by atoms with Crippen molar-refractivity contribution in [3.8, 4) is 0 Å². The normalized spacial score (nSPS) is 34.8. The highest BCUT2D eigenvalue weighted by atomic mass is 15.2. The third-order valence-corrected chi connectivity index (χ3v) is 5.86. The Morgan fingerprint density at radius 1 is 1.25 bits per heavy atom. The number of nitrogens with zero attached hydrogens (tertiary/aromatic N) is 1. The number of aryl methyl sites for hydroxylation is 1. The molecule has 0 aromatic heterocycles. The number of hydrogen-bond acceptors (Lipinski definition) is 2. The van der Waals surface area contributed by atoms with E-state index < -0.39 is 0 Å². The summed E-state index contributed by atoms with van der Waals surface area (Å²) >= 11 is 0. The predicted octanol–water partition coefficient (Wildman–Crippen LogP) is 2.99. The summed E-state index contributed by atoms with van der Waals surface area (Å²) in [5.41, 5.74) is 9.55. The topological polar surface area (TPSA) is 29.3 Å². The molecule has 2 nitrogen and oxygen atoms in total. The standard InChI is InChI=1S/C18H28N2/c1-14-6-5-11-20(15(14)2)18(13-19)10-9-16-7-3-4-8-17(16)12-18/h3-4,7-8,14-15H,5-6,9-13,19H2,1-2H3. The van der Waals surface area contributed by atoms with E-state index in [-0.39, 0.29) is 5.54 Å². The number of nitrogens with two attached hydrogens (primary N) is 1. The summed E-state index contributed by atoms with van der Waals surface area (Å²) < 4.78 is 0. The molecule has 1 aliphatic heterocycles. The van der Waals surface area contributed by atoms with Gasteiger partial charge in [-0.15, -0.1) is 0 Å². The number of hydrogen-bond donors (Lipinski definition) is 1. The van der Waals surface area contributed by atoms with Gasteiger partial charge in [-0.3, -0.25) is 4.90 Å². The van der Waals surface area contributed by atoms with Gasteiger partial charge in [-0.2, -0.15) is 0 Å². The van der Waals surface area contributed by atoms with Gasteiger partial charge in [-0.1, -0.05) is 31.2 Å². The lowest BCUT2D eigenvalue weighted by Crippen LogP contribution is -2.62. The second-order valence-corrected chi connectivity index (χ2v) is 6.93. The maximum atomic E-state index is 6.29.